The van der Waals surface area contributed by atoms with Crippen LogP contribution >= 0.6 is 0 Å². The van der Waals surface area contributed by atoms with Gasteiger partial charge in [0.05, 0.1) is 31.3 Å². The van der Waals surface area contributed by atoms with Crippen LogP contribution in [0.4, 0.5) is 0 Å². The predicted molar refractivity (Wildman–Crippen MR) is 119 cm³/mol. The number of methoxy groups -OCH3 is 1. The number of benzene rings is 1. The van der Waals surface area contributed by atoms with Gasteiger partial charge < -0.3 is 19.5 Å². The number of allylic oxidation sites excluding steroid dienone is 3. The van der Waals surface area contributed by atoms with Crippen LogP contribution < -0.4 is 10.1 Å². The second kappa shape index (κ2) is 9.59. The number of nitrogens with one attached hydrogen (secondary N) is 1. The number of carbonyl (C=O) groups is 3. The normalized spacial score (nSPS) is 23.0. The zero-order valence-electron chi connectivity index (χ0n) is 19.5. The van der Waals surface area contributed by atoms with Gasteiger partial charge in [0.25, 0.3) is 0 Å². The molecule has 0 bridgehead atoms. The van der Waals surface area contributed by atoms with Crippen molar-refractivity contribution < 1.29 is 28.6 Å². The van der Waals surface area contributed by atoms with Crippen molar-refractivity contribution in [2.45, 2.75) is 53.1 Å². The lowest BCUT2D eigenvalue weighted by molar-refractivity contribution is -0.151. The largest absolute Gasteiger partial charge is 0.491 e. The number of para-hydroxylation sites is 1. The molecule has 1 aromatic rings. The summed E-state index contributed by atoms with van der Waals surface area (Å²) in [7, 11) is 1.28. The fraction of sp³-hybridized carbons (Fsp3) is 0.480. The van der Waals surface area contributed by atoms with Crippen LogP contribution in [-0.4, -0.2) is 37.5 Å². The summed E-state index contributed by atoms with van der Waals surface area (Å²) in [6, 6.07) is 7.36. The maximum atomic E-state index is 13.7. The van der Waals surface area contributed by atoms with Crippen molar-refractivity contribution in [3.63, 3.8) is 0 Å². The van der Waals surface area contributed by atoms with Crippen LogP contribution in [0, 0.1) is 11.8 Å². The number of ketones is 1. The van der Waals surface area contributed by atoms with Gasteiger partial charge in [-0.3, -0.25) is 9.59 Å². The number of dihydropyridines is 1. The van der Waals surface area contributed by atoms with E-state index in [1.807, 2.05) is 45.0 Å². The van der Waals surface area contributed by atoms with E-state index in [9.17, 15) is 14.4 Å². The van der Waals surface area contributed by atoms with Crippen molar-refractivity contribution in [3.8, 4) is 5.75 Å². The van der Waals surface area contributed by atoms with E-state index < -0.39 is 23.8 Å². The van der Waals surface area contributed by atoms with Crippen molar-refractivity contribution in [3.05, 3.63) is 52.4 Å². The number of Topliss-reactive ketones (excluding diaryl/α,β-unsaturated/α-hetero) is 1. The van der Waals surface area contributed by atoms with Crippen LogP contribution in [-0.2, 0) is 23.9 Å². The molecule has 0 saturated heterocycles. The fourth-order valence-electron chi connectivity index (χ4n) is 4.55. The average Bonchev–Trinajstić information content (AvgIpc) is 2.72. The van der Waals surface area contributed by atoms with Crippen LogP contribution in [0.1, 0.15) is 52.5 Å². The van der Waals surface area contributed by atoms with Crippen molar-refractivity contribution >= 4 is 17.7 Å². The number of rotatable bonds is 6. The molecule has 1 heterocycles. The molecule has 0 amide bonds. The van der Waals surface area contributed by atoms with Gasteiger partial charge >= 0.3 is 11.9 Å². The molecule has 1 aliphatic heterocycles. The SMILES string of the molecule is CCOC(=O)C1=C(C)NC2=C(C(=O)[C@@H](C(=O)OC)[C@H](C)C2)[C@H]1c1ccccc1OC(C)C. The Hall–Kier alpha value is -3.09. The second-order valence-corrected chi connectivity index (χ2v) is 8.46. The van der Waals surface area contributed by atoms with Gasteiger partial charge in [-0.15, -0.1) is 0 Å². The third-order valence-corrected chi connectivity index (χ3v) is 5.83. The highest BCUT2D eigenvalue weighted by atomic mass is 16.5. The Morgan fingerprint density at radius 1 is 1.22 bits per heavy atom. The van der Waals surface area contributed by atoms with E-state index >= 15 is 0 Å². The molecule has 32 heavy (non-hydrogen) atoms. The number of carbonyl (C=O) groups excluding carboxylic acids is 3. The topological polar surface area (TPSA) is 90.9 Å². The number of esters is 2. The minimum Gasteiger partial charge on any atom is -0.491 e. The monoisotopic (exact) mass is 441 g/mol. The van der Waals surface area contributed by atoms with Crippen LogP contribution in [0.25, 0.3) is 0 Å². The highest BCUT2D eigenvalue weighted by molar-refractivity contribution is 6.12. The quantitative estimate of drug-likeness (QED) is 0.532. The Kier molecular flexibility index (Phi) is 7.06. The molecule has 0 spiro atoms. The molecule has 0 saturated carbocycles. The summed E-state index contributed by atoms with van der Waals surface area (Å²) in [4.78, 5) is 39.2. The zero-order chi connectivity index (χ0) is 23.6. The van der Waals surface area contributed by atoms with E-state index in [0.717, 1.165) is 5.70 Å². The molecule has 3 atom stereocenters. The Morgan fingerprint density at radius 3 is 2.53 bits per heavy atom. The third kappa shape index (κ3) is 4.29. The number of ether oxygens (including phenoxy) is 3. The van der Waals surface area contributed by atoms with Gasteiger partial charge in [-0.1, -0.05) is 25.1 Å². The van der Waals surface area contributed by atoms with Gasteiger partial charge in [0, 0.05) is 22.5 Å². The maximum Gasteiger partial charge on any atom is 0.336 e. The number of hydrogen-bond donors (Lipinski definition) is 1. The fourth-order valence-corrected chi connectivity index (χ4v) is 4.55. The Bertz CT molecular complexity index is 990. The van der Waals surface area contributed by atoms with Gasteiger partial charge in [0.2, 0.25) is 0 Å². The Balaban J connectivity index is 2.24. The molecule has 172 valence electrons. The molecular formula is C25H31NO6. The molecule has 1 N–H and O–H groups in total. The van der Waals surface area contributed by atoms with E-state index in [-0.39, 0.29) is 24.4 Å². The smallest absolute Gasteiger partial charge is 0.336 e. The van der Waals surface area contributed by atoms with Gasteiger partial charge in [-0.2, -0.15) is 0 Å². The predicted octanol–water partition coefficient (Wildman–Crippen LogP) is 3.65. The van der Waals surface area contributed by atoms with Crippen LogP contribution in [0.3, 0.4) is 0 Å². The summed E-state index contributed by atoms with van der Waals surface area (Å²) in [5.41, 5.74) is 2.77. The molecule has 2 aliphatic rings. The summed E-state index contributed by atoms with van der Waals surface area (Å²) in [5.74, 6) is -2.71. The molecule has 0 unspecified atom stereocenters. The zero-order valence-corrected chi connectivity index (χ0v) is 19.5. The van der Waals surface area contributed by atoms with Gasteiger partial charge in [-0.05, 0) is 46.1 Å². The molecule has 3 rings (SSSR count). The molecule has 7 heteroatoms. The highest BCUT2D eigenvalue weighted by Gasteiger charge is 2.47. The molecule has 0 radical (unpaired) electrons. The van der Waals surface area contributed by atoms with Gasteiger partial charge in [0.1, 0.15) is 11.7 Å². The van der Waals surface area contributed by atoms with E-state index in [0.29, 0.717) is 34.6 Å². The Morgan fingerprint density at radius 2 is 1.91 bits per heavy atom. The van der Waals surface area contributed by atoms with E-state index in [4.69, 9.17) is 14.2 Å². The summed E-state index contributed by atoms with van der Waals surface area (Å²) < 4.78 is 16.3. The molecule has 1 aliphatic carbocycles. The molecule has 0 aromatic heterocycles. The lowest BCUT2D eigenvalue weighted by Crippen LogP contribution is -2.43. The van der Waals surface area contributed by atoms with Crippen LogP contribution in [0.2, 0.25) is 0 Å². The first-order valence-corrected chi connectivity index (χ1v) is 11.0. The van der Waals surface area contributed by atoms with Crippen LogP contribution in [0.5, 0.6) is 5.75 Å². The highest BCUT2D eigenvalue weighted by Crippen LogP contribution is 2.47. The lowest BCUT2D eigenvalue weighted by atomic mass is 9.69. The van der Waals surface area contributed by atoms with Gasteiger partial charge in [0.15, 0.2) is 5.78 Å². The van der Waals surface area contributed by atoms with Gasteiger partial charge in [-0.25, -0.2) is 4.79 Å². The number of hydrogen-bond acceptors (Lipinski definition) is 7. The van der Waals surface area contributed by atoms with E-state index in [1.165, 1.54) is 7.11 Å². The standard InChI is InChI=1S/C25H31NO6/c1-7-31-25(29)20-15(5)26-17-12-14(4)19(24(28)30-6)23(27)22(17)21(20)16-10-8-9-11-18(16)32-13(2)3/h8-11,13-14,19,21,26H,7,12H2,1-6H3/t14-,19+,21+/m1/s1. The van der Waals surface area contributed by atoms with E-state index in [1.54, 1.807) is 13.8 Å². The van der Waals surface area contributed by atoms with Crippen molar-refractivity contribution in [1.29, 1.82) is 0 Å². The summed E-state index contributed by atoms with van der Waals surface area (Å²) in [6.45, 7) is 9.43. The average molecular weight is 442 g/mol. The molecule has 0 fully saturated rings. The van der Waals surface area contributed by atoms with Crippen molar-refractivity contribution in [2.75, 3.05) is 13.7 Å². The first kappa shape index (κ1) is 23.6. The first-order chi connectivity index (χ1) is 15.2. The minimum atomic E-state index is -0.928. The van der Waals surface area contributed by atoms with Crippen molar-refractivity contribution in [2.24, 2.45) is 11.8 Å². The second-order valence-electron chi connectivity index (χ2n) is 8.46. The summed E-state index contributed by atoms with van der Waals surface area (Å²) in [5, 5.41) is 3.25. The Labute approximate surface area is 188 Å². The van der Waals surface area contributed by atoms with Crippen LogP contribution in [0.15, 0.2) is 46.8 Å². The molecule has 1 aromatic carbocycles. The lowest BCUT2D eigenvalue weighted by Gasteiger charge is -2.38. The summed E-state index contributed by atoms with van der Waals surface area (Å²) in [6.07, 6.45) is 0.380. The minimum absolute atomic E-state index is 0.104. The molecule has 7 nitrogen and oxygen atoms in total. The summed E-state index contributed by atoms with van der Waals surface area (Å²) >= 11 is 0. The maximum absolute atomic E-state index is 13.7. The first-order valence-electron chi connectivity index (χ1n) is 11.0. The molecular weight excluding hydrogens is 410 g/mol. The van der Waals surface area contributed by atoms with Crippen molar-refractivity contribution in [1.82, 2.24) is 5.32 Å². The third-order valence-electron chi connectivity index (χ3n) is 5.83. The van der Waals surface area contributed by atoms with E-state index in [2.05, 4.69) is 5.32 Å².